The van der Waals surface area contributed by atoms with Gasteiger partial charge < -0.3 is 23.5 Å². The number of aromatic nitrogens is 2. The van der Waals surface area contributed by atoms with Gasteiger partial charge in [-0.2, -0.15) is 4.98 Å². The molecule has 0 spiro atoms. The molecule has 0 aliphatic rings. The first-order chi connectivity index (χ1) is 13.9. The molecule has 154 valence electrons. The van der Waals surface area contributed by atoms with Crippen molar-refractivity contribution >= 4 is 9.84 Å². The Kier molecular flexibility index (Phi) is 5.92. The molecule has 0 unspecified atom stereocenters. The molecule has 0 atom stereocenters. The van der Waals surface area contributed by atoms with Gasteiger partial charge in [-0.1, -0.05) is 5.16 Å². The van der Waals surface area contributed by atoms with Crippen molar-refractivity contribution < 1.29 is 31.9 Å². The van der Waals surface area contributed by atoms with Crippen LogP contribution in [0, 0.1) is 0 Å². The van der Waals surface area contributed by atoms with Gasteiger partial charge in [-0.05, 0) is 30.3 Å². The first-order valence-electron chi connectivity index (χ1n) is 8.41. The second kappa shape index (κ2) is 8.39. The highest BCUT2D eigenvalue weighted by Crippen LogP contribution is 2.32. The lowest BCUT2D eigenvalue weighted by Gasteiger charge is -2.10. The Morgan fingerprint density at radius 3 is 2.21 bits per heavy atom. The lowest BCUT2D eigenvalue weighted by atomic mass is 10.2. The van der Waals surface area contributed by atoms with E-state index in [-0.39, 0.29) is 22.4 Å². The van der Waals surface area contributed by atoms with Gasteiger partial charge >= 0.3 is 0 Å². The summed E-state index contributed by atoms with van der Waals surface area (Å²) in [6.45, 7) is 0. The highest BCUT2D eigenvalue weighted by Gasteiger charge is 2.25. The smallest absolute Gasteiger partial charge is 0.242 e. The topological polar surface area (TPSA) is 110 Å². The molecule has 1 heterocycles. The van der Waals surface area contributed by atoms with E-state index >= 15 is 0 Å². The maximum absolute atomic E-state index is 12.9. The van der Waals surface area contributed by atoms with Crippen molar-refractivity contribution in [3.05, 3.63) is 42.3 Å². The number of ether oxygens (including phenoxy) is 4. The fourth-order valence-electron chi connectivity index (χ4n) is 2.67. The molecule has 0 saturated heterocycles. The Labute approximate surface area is 168 Å². The number of hydrogen-bond acceptors (Lipinski definition) is 9. The average molecular weight is 420 g/mol. The third-order valence-corrected chi connectivity index (χ3v) is 5.75. The van der Waals surface area contributed by atoms with Gasteiger partial charge in [0.2, 0.25) is 11.7 Å². The summed E-state index contributed by atoms with van der Waals surface area (Å²) in [6, 6.07) is 9.61. The Morgan fingerprint density at radius 2 is 1.55 bits per heavy atom. The van der Waals surface area contributed by atoms with Gasteiger partial charge in [0, 0.05) is 11.6 Å². The molecule has 0 N–H and O–H groups in total. The van der Waals surface area contributed by atoms with Crippen LogP contribution in [0.3, 0.4) is 0 Å². The Bertz CT molecular complexity index is 1110. The Balaban J connectivity index is 1.90. The number of nitrogens with zero attached hydrogens (tertiary/aromatic N) is 2. The quantitative estimate of drug-likeness (QED) is 0.543. The van der Waals surface area contributed by atoms with Gasteiger partial charge in [0.05, 0.1) is 28.4 Å². The van der Waals surface area contributed by atoms with Crippen LogP contribution in [0.15, 0.2) is 45.8 Å². The number of methoxy groups -OCH3 is 4. The van der Waals surface area contributed by atoms with E-state index in [1.165, 1.54) is 40.6 Å². The first kappa shape index (κ1) is 20.5. The van der Waals surface area contributed by atoms with Crippen molar-refractivity contribution in [2.75, 3.05) is 28.4 Å². The summed E-state index contributed by atoms with van der Waals surface area (Å²) >= 11 is 0. The lowest BCUT2D eigenvalue weighted by Crippen LogP contribution is -2.07. The molecule has 0 saturated carbocycles. The van der Waals surface area contributed by atoms with E-state index in [9.17, 15) is 8.42 Å². The molecule has 0 radical (unpaired) electrons. The van der Waals surface area contributed by atoms with Crippen LogP contribution in [-0.4, -0.2) is 47.0 Å². The van der Waals surface area contributed by atoms with Gasteiger partial charge in [-0.25, -0.2) is 8.42 Å². The molecule has 0 aliphatic carbocycles. The normalized spacial score (nSPS) is 11.2. The third kappa shape index (κ3) is 4.27. The largest absolute Gasteiger partial charge is 0.497 e. The number of rotatable bonds is 8. The van der Waals surface area contributed by atoms with Crippen LogP contribution >= 0.6 is 0 Å². The van der Waals surface area contributed by atoms with Crippen molar-refractivity contribution in [1.29, 1.82) is 0 Å². The monoisotopic (exact) mass is 420 g/mol. The van der Waals surface area contributed by atoms with Crippen molar-refractivity contribution in [1.82, 2.24) is 10.1 Å². The molecular formula is C19H20N2O7S. The maximum Gasteiger partial charge on any atom is 0.242 e. The first-order valence-corrected chi connectivity index (χ1v) is 10.1. The van der Waals surface area contributed by atoms with Gasteiger partial charge in [-0.3, -0.25) is 0 Å². The zero-order valence-corrected chi connectivity index (χ0v) is 17.1. The summed E-state index contributed by atoms with van der Waals surface area (Å²) in [5.41, 5.74) is 0.592. The summed E-state index contributed by atoms with van der Waals surface area (Å²) in [7, 11) is 2.06. The predicted molar refractivity (Wildman–Crippen MR) is 103 cm³/mol. The number of benzene rings is 2. The van der Waals surface area contributed by atoms with Crippen LogP contribution in [-0.2, 0) is 15.6 Å². The number of hydrogen-bond donors (Lipinski definition) is 0. The zero-order valence-electron chi connectivity index (χ0n) is 16.3. The van der Waals surface area contributed by atoms with Crippen LogP contribution in [0.5, 0.6) is 23.0 Å². The second-order valence-corrected chi connectivity index (χ2v) is 7.82. The van der Waals surface area contributed by atoms with E-state index < -0.39 is 15.6 Å². The fraction of sp³-hybridized carbons (Fsp3) is 0.263. The summed E-state index contributed by atoms with van der Waals surface area (Å²) in [5, 5.41) is 3.87. The molecule has 0 aliphatic heterocycles. The summed E-state index contributed by atoms with van der Waals surface area (Å²) < 4.78 is 51.6. The van der Waals surface area contributed by atoms with E-state index in [4.69, 9.17) is 23.5 Å². The molecule has 1 aromatic heterocycles. The van der Waals surface area contributed by atoms with Crippen molar-refractivity contribution in [2.45, 2.75) is 10.6 Å². The zero-order chi connectivity index (χ0) is 21.0. The molecule has 0 bridgehead atoms. The SMILES string of the molecule is COc1ccc(OC)c(S(=O)(=O)Cc2nc(-c3ccc(OC)c(OC)c3)no2)c1. The summed E-state index contributed by atoms with van der Waals surface area (Å²) in [4.78, 5) is 4.17. The maximum atomic E-state index is 12.9. The molecule has 10 heteroatoms. The average Bonchev–Trinajstić information content (AvgIpc) is 3.20. The van der Waals surface area contributed by atoms with E-state index in [1.807, 2.05) is 0 Å². The van der Waals surface area contributed by atoms with E-state index in [0.717, 1.165) is 0 Å². The van der Waals surface area contributed by atoms with Gasteiger partial charge in [-0.15, -0.1) is 0 Å². The van der Waals surface area contributed by atoms with Crippen LogP contribution < -0.4 is 18.9 Å². The minimum Gasteiger partial charge on any atom is -0.497 e. The highest BCUT2D eigenvalue weighted by atomic mass is 32.2. The standard InChI is InChI=1S/C19H20N2O7S/c1-24-13-6-8-15(26-3)17(10-13)29(22,23)11-18-20-19(21-28-18)12-5-7-14(25-2)16(9-12)27-4/h5-10H,11H2,1-4H3. The summed E-state index contributed by atoms with van der Waals surface area (Å²) in [5.74, 6) is 1.31. The van der Waals surface area contributed by atoms with Crippen molar-refractivity contribution in [3.63, 3.8) is 0 Å². The van der Waals surface area contributed by atoms with E-state index in [2.05, 4.69) is 10.1 Å². The highest BCUT2D eigenvalue weighted by molar-refractivity contribution is 7.90. The Hall–Kier alpha value is -3.27. The molecule has 3 aromatic rings. The molecule has 2 aromatic carbocycles. The molecule has 3 rings (SSSR count). The minimum absolute atomic E-state index is 0.0229. The van der Waals surface area contributed by atoms with Crippen LogP contribution in [0.2, 0.25) is 0 Å². The lowest BCUT2D eigenvalue weighted by molar-refractivity contribution is 0.355. The van der Waals surface area contributed by atoms with Gasteiger partial charge in [0.15, 0.2) is 21.3 Å². The fourth-order valence-corrected chi connectivity index (χ4v) is 4.02. The predicted octanol–water partition coefficient (Wildman–Crippen LogP) is 2.74. The van der Waals surface area contributed by atoms with Crippen LogP contribution in [0.25, 0.3) is 11.4 Å². The summed E-state index contributed by atoms with van der Waals surface area (Å²) in [6.07, 6.45) is 0. The van der Waals surface area contributed by atoms with Gasteiger partial charge in [0.25, 0.3) is 0 Å². The minimum atomic E-state index is -3.83. The molecule has 9 nitrogen and oxygen atoms in total. The van der Waals surface area contributed by atoms with Crippen molar-refractivity contribution in [3.8, 4) is 34.4 Å². The molecule has 29 heavy (non-hydrogen) atoms. The van der Waals surface area contributed by atoms with Gasteiger partial charge in [0.1, 0.15) is 22.1 Å². The third-order valence-electron chi connectivity index (χ3n) is 4.13. The van der Waals surface area contributed by atoms with E-state index in [0.29, 0.717) is 22.8 Å². The number of sulfone groups is 1. The van der Waals surface area contributed by atoms with E-state index in [1.54, 1.807) is 24.3 Å². The second-order valence-electron chi connectivity index (χ2n) is 5.86. The molecule has 0 amide bonds. The molecule has 0 fully saturated rings. The van der Waals surface area contributed by atoms with Crippen LogP contribution in [0.1, 0.15) is 5.89 Å². The van der Waals surface area contributed by atoms with Crippen LogP contribution in [0.4, 0.5) is 0 Å². The molecular weight excluding hydrogens is 400 g/mol. The Morgan fingerprint density at radius 1 is 0.862 bits per heavy atom. The van der Waals surface area contributed by atoms with Crippen molar-refractivity contribution in [2.24, 2.45) is 0 Å².